The number of alkyl halides is 4. The number of carbonyl (C=O) groups is 1. The van der Waals surface area contributed by atoms with E-state index in [0.717, 1.165) is 31.2 Å². The summed E-state index contributed by atoms with van der Waals surface area (Å²) in [5.74, 6) is -2.39. The number of hydrogen-bond donors (Lipinski definition) is 2. The van der Waals surface area contributed by atoms with E-state index in [2.05, 4.69) is 32.1 Å². The van der Waals surface area contributed by atoms with Gasteiger partial charge in [0.1, 0.15) is 35.3 Å². The molecule has 10 nitrogen and oxygen atoms in total. The minimum atomic E-state index is -3.80. The van der Waals surface area contributed by atoms with Gasteiger partial charge in [-0.1, -0.05) is 37.4 Å². The van der Waals surface area contributed by atoms with Gasteiger partial charge in [0.25, 0.3) is 12.3 Å². The highest BCUT2D eigenvalue weighted by Crippen LogP contribution is 2.54. The quantitative estimate of drug-likeness (QED) is 0.110. The highest BCUT2D eigenvalue weighted by molar-refractivity contribution is 7.92. The van der Waals surface area contributed by atoms with Crippen molar-refractivity contribution in [1.82, 2.24) is 29.9 Å². The van der Waals surface area contributed by atoms with Gasteiger partial charge in [-0.2, -0.15) is 19.0 Å². The summed E-state index contributed by atoms with van der Waals surface area (Å²) in [6.45, 7) is 1.74. The third-order valence-corrected chi connectivity index (χ3v) is 10.9. The molecule has 3 heterocycles. The normalized spacial score (nSPS) is 18.1. The second-order valence-electron chi connectivity index (χ2n) is 14.2. The molecule has 0 saturated heterocycles. The Morgan fingerprint density at radius 3 is 2.36 bits per heavy atom. The molecule has 3 atom stereocenters. The highest BCUT2D eigenvalue weighted by Gasteiger charge is 2.55. The number of benzene rings is 2. The summed E-state index contributed by atoms with van der Waals surface area (Å²) in [7, 11) is -2.25. The van der Waals surface area contributed by atoms with E-state index in [9.17, 15) is 30.8 Å². The van der Waals surface area contributed by atoms with E-state index in [0.29, 0.717) is 27.4 Å². The van der Waals surface area contributed by atoms with Crippen LogP contribution in [0.5, 0.6) is 0 Å². The van der Waals surface area contributed by atoms with E-state index < -0.39 is 75.7 Å². The van der Waals surface area contributed by atoms with E-state index in [1.807, 2.05) is 0 Å². The minimum absolute atomic E-state index is 0.0614. The maximum Gasteiger partial charge on any atom is 0.292 e. The van der Waals surface area contributed by atoms with Crippen molar-refractivity contribution in [2.45, 2.75) is 64.0 Å². The van der Waals surface area contributed by atoms with E-state index in [1.165, 1.54) is 24.6 Å². The third-order valence-electron chi connectivity index (χ3n) is 10.1. The molecule has 294 valence electrons. The molecular formula is C38H34ClF6N7O3S. The van der Waals surface area contributed by atoms with Crippen LogP contribution in [0.3, 0.4) is 0 Å². The number of hydrogen-bond acceptors (Lipinski definition) is 6. The van der Waals surface area contributed by atoms with Crippen LogP contribution in [-0.2, 0) is 40.8 Å². The van der Waals surface area contributed by atoms with Crippen LogP contribution >= 0.6 is 11.6 Å². The van der Waals surface area contributed by atoms with Gasteiger partial charge in [-0.25, -0.2) is 31.0 Å². The van der Waals surface area contributed by atoms with Crippen molar-refractivity contribution in [1.29, 1.82) is 0 Å². The molecule has 1 fully saturated rings. The van der Waals surface area contributed by atoms with Gasteiger partial charge in [0.15, 0.2) is 5.82 Å². The number of aromatic nitrogens is 5. The van der Waals surface area contributed by atoms with Gasteiger partial charge in [-0.3, -0.25) is 18.9 Å². The molecule has 56 heavy (non-hydrogen) atoms. The number of halogens is 7. The molecule has 2 N–H and O–H groups in total. The molecule has 0 bridgehead atoms. The molecule has 2 aliphatic carbocycles. The van der Waals surface area contributed by atoms with Crippen LogP contribution in [0.25, 0.3) is 22.0 Å². The van der Waals surface area contributed by atoms with Crippen molar-refractivity contribution in [2.75, 3.05) is 11.0 Å². The number of anilines is 1. The molecule has 3 aromatic heterocycles. The molecule has 0 radical (unpaired) electrons. The van der Waals surface area contributed by atoms with E-state index >= 15 is 8.78 Å². The van der Waals surface area contributed by atoms with Gasteiger partial charge < -0.3 is 5.32 Å². The van der Waals surface area contributed by atoms with Crippen LogP contribution in [0.1, 0.15) is 79.0 Å². The first-order valence-electron chi connectivity index (χ1n) is 17.5. The van der Waals surface area contributed by atoms with Crippen molar-refractivity contribution >= 4 is 44.3 Å². The van der Waals surface area contributed by atoms with Crippen LogP contribution in [-0.4, -0.2) is 45.1 Å². The average Bonchev–Trinajstić information content (AvgIpc) is 3.73. The molecule has 2 aliphatic rings. The predicted molar refractivity (Wildman–Crippen MR) is 197 cm³/mol. The molecule has 2 aromatic carbocycles. The number of aryl methyl sites for hydroxylation is 1. The topological polar surface area (TPSA) is 124 Å². The number of nitrogens with one attached hydrogen (secondary N) is 2. The van der Waals surface area contributed by atoms with Gasteiger partial charge in [0.2, 0.25) is 15.9 Å². The largest absolute Gasteiger partial charge is 0.346 e. The zero-order valence-corrected chi connectivity index (χ0v) is 31.8. The maximum atomic E-state index is 15.6. The van der Waals surface area contributed by atoms with Crippen molar-refractivity contribution in [3.63, 3.8) is 0 Å². The summed E-state index contributed by atoms with van der Waals surface area (Å²) < 4.78 is 117. The summed E-state index contributed by atoms with van der Waals surface area (Å²) in [6.07, 6.45) is -0.696. The fourth-order valence-corrected chi connectivity index (χ4v) is 7.93. The predicted octanol–water partition coefficient (Wildman–Crippen LogP) is 7.78. The van der Waals surface area contributed by atoms with Gasteiger partial charge in [-0.05, 0) is 67.0 Å². The SMILES string of the molecule is C[C@@H]1c2c(C(F)F)nn(CC(=O)N[C@@H](Cc3cc(F)cc(F)c3)c3nc(C#CC4CC4)ccc3-c3ccc(Cl)c4c(NS(C)(=O)=O)nn(C)c34)c2C(F)(F)[C@@H]1C. The Morgan fingerprint density at radius 1 is 1.04 bits per heavy atom. The van der Waals surface area contributed by atoms with Crippen LogP contribution in [0.4, 0.5) is 32.2 Å². The first-order chi connectivity index (χ1) is 26.3. The molecule has 18 heteroatoms. The van der Waals surface area contributed by atoms with Crippen LogP contribution < -0.4 is 10.0 Å². The number of rotatable bonds is 10. The lowest BCUT2D eigenvalue weighted by atomic mass is 9.93. The van der Waals surface area contributed by atoms with E-state index in [1.54, 1.807) is 25.2 Å². The zero-order valence-electron chi connectivity index (χ0n) is 30.3. The number of carbonyl (C=O) groups excluding carboxylic acids is 1. The monoisotopic (exact) mass is 817 g/mol. The standard InChI is InChI=1S/C38H34ClF6N7O3S/c1-18-19(2)38(44,45)35-30(18)33(36(42)43)48-52(35)17-29(53)47-28(15-21-13-22(40)16-23(41)14-21)32-25(10-9-24(46-32)8-7-20-5-6-20)26-11-12-27(39)31-34(26)51(3)49-37(31)50-56(4,54)55/h9-14,16,18-20,28,36H,5-6,15,17H2,1-4H3,(H,47,53)(H,49,50)/t18-,19+,28-/m0/s1. The Kier molecular flexibility index (Phi) is 10.1. The van der Waals surface area contributed by atoms with Crippen LogP contribution in [0.15, 0.2) is 42.5 Å². The molecule has 0 aliphatic heterocycles. The average molecular weight is 818 g/mol. The summed E-state index contributed by atoms with van der Waals surface area (Å²) in [5, 5.41) is 11.2. The maximum absolute atomic E-state index is 15.6. The molecule has 1 amide bonds. The Hall–Kier alpha value is -5.08. The van der Waals surface area contributed by atoms with E-state index in [-0.39, 0.29) is 51.1 Å². The first kappa shape index (κ1) is 39.2. The van der Waals surface area contributed by atoms with Gasteiger partial charge in [-0.15, -0.1) is 0 Å². The highest BCUT2D eigenvalue weighted by atomic mass is 35.5. The first-order valence-corrected chi connectivity index (χ1v) is 19.8. The minimum Gasteiger partial charge on any atom is -0.346 e. The van der Waals surface area contributed by atoms with Crippen molar-refractivity contribution < 1.29 is 39.6 Å². The zero-order chi connectivity index (χ0) is 40.4. The molecule has 0 spiro atoms. The summed E-state index contributed by atoms with van der Waals surface area (Å²) in [4.78, 5) is 18.8. The molecule has 7 rings (SSSR count). The number of pyridine rings is 1. The lowest BCUT2D eigenvalue weighted by molar-refractivity contribution is -0.123. The Balaban J connectivity index is 1.38. The Labute approximate surface area is 322 Å². The third kappa shape index (κ3) is 7.56. The number of fused-ring (bicyclic) bond motifs is 2. The number of nitrogens with zero attached hydrogens (tertiary/aromatic N) is 5. The smallest absolute Gasteiger partial charge is 0.292 e. The lowest BCUT2D eigenvalue weighted by Crippen LogP contribution is -2.35. The van der Waals surface area contributed by atoms with Crippen molar-refractivity contribution in [3.05, 3.63) is 93.0 Å². The molecule has 0 unspecified atom stereocenters. The summed E-state index contributed by atoms with van der Waals surface area (Å²) in [5.41, 5.74) is -0.332. The van der Waals surface area contributed by atoms with Gasteiger partial charge >= 0.3 is 0 Å². The fraction of sp³-hybridized carbons (Fsp3) is 0.368. The van der Waals surface area contributed by atoms with Crippen molar-refractivity contribution in [2.24, 2.45) is 18.9 Å². The number of amides is 1. The molecular weight excluding hydrogens is 784 g/mol. The van der Waals surface area contributed by atoms with E-state index in [4.69, 9.17) is 16.6 Å². The second kappa shape index (κ2) is 14.5. The lowest BCUT2D eigenvalue weighted by Gasteiger charge is -2.23. The van der Waals surface area contributed by atoms with Gasteiger partial charge in [0.05, 0.1) is 33.9 Å². The summed E-state index contributed by atoms with van der Waals surface area (Å²) >= 11 is 6.59. The van der Waals surface area contributed by atoms with Gasteiger partial charge in [0, 0.05) is 41.6 Å². The Morgan fingerprint density at radius 2 is 1.71 bits per heavy atom. The number of sulfonamides is 1. The molecule has 1 saturated carbocycles. The molecule has 5 aromatic rings. The summed E-state index contributed by atoms with van der Waals surface area (Å²) in [6, 6.07) is 7.96. The van der Waals surface area contributed by atoms with Crippen molar-refractivity contribution in [3.8, 4) is 23.0 Å². The fourth-order valence-electron chi connectivity index (χ4n) is 7.19. The van der Waals surface area contributed by atoms with Crippen LogP contribution in [0.2, 0.25) is 5.02 Å². The Bertz CT molecular complexity index is 2560. The van der Waals surface area contributed by atoms with Crippen LogP contribution in [0, 0.1) is 35.3 Å². The second-order valence-corrected chi connectivity index (χ2v) is 16.4.